The monoisotopic (exact) mass is 382 g/mol. The zero-order valence-corrected chi connectivity index (χ0v) is 15.3. The molecule has 23 heavy (non-hydrogen) atoms. The number of cyclic esters (lactones) is 1. The molecule has 1 aliphatic heterocycles. The van der Waals surface area contributed by atoms with E-state index in [0.717, 1.165) is 10.0 Å². The van der Waals surface area contributed by atoms with Crippen LogP contribution >= 0.6 is 15.9 Å². The largest absolute Gasteiger partial charge is 0.446 e. The van der Waals surface area contributed by atoms with Gasteiger partial charge in [-0.15, -0.1) is 0 Å². The quantitative estimate of drug-likeness (QED) is 0.844. The summed E-state index contributed by atoms with van der Waals surface area (Å²) < 4.78 is 6.52. The van der Waals surface area contributed by atoms with Crippen molar-refractivity contribution >= 4 is 27.9 Å². The summed E-state index contributed by atoms with van der Waals surface area (Å²) in [5.74, 6) is -0.376. The van der Waals surface area contributed by atoms with Crippen LogP contribution in [0.5, 0.6) is 0 Å². The van der Waals surface area contributed by atoms with Crippen LogP contribution in [0.1, 0.15) is 45.2 Å². The molecular formula is C17H23BrN2O3. The van der Waals surface area contributed by atoms with E-state index in [1.807, 2.05) is 31.2 Å². The number of ether oxygens (including phenoxy) is 1. The summed E-state index contributed by atoms with van der Waals surface area (Å²) in [6, 6.07) is 7.84. The van der Waals surface area contributed by atoms with Gasteiger partial charge in [-0.3, -0.25) is 4.79 Å². The van der Waals surface area contributed by atoms with Crippen molar-refractivity contribution in [3.63, 3.8) is 0 Å². The number of rotatable bonds is 5. The Balaban J connectivity index is 2.00. The summed E-state index contributed by atoms with van der Waals surface area (Å²) in [5, 5.41) is 0. The molecule has 2 rings (SSSR count). The van der Waals surface area contributed by atoms with Crippen LogP contribution in [0.25, 0.3) is 0 Å². The molecule has 1 saturated heterocycles. The lowest BCUT2D eigenvalue weighted by atomic mass is 9.85. The summed E-state index contributed by atoms with van der Waals surface area (Å²) >= 11 is 3.41. The van der Waals surface area contributed by atoms with E-state index in [2.05, 4.69) is 15.9 Å². The van der Waals surface area contributed by atoms with Gasteiger partial charge in [-0.05, 0) is 31.0 Å². The molecule has 1 heterocycles. The molecule has 0 aromatic heterocycles. The second-order valence-corrected chi connectivity index (χ2v) is 7.58. The maximum absolute atomic E-state index is 12.3. The third kappa shape index (κ3) is 4.25. The van der Waals surface area contributed by atoms with Gasteiger partial charge in [0, 0.05) is 22.9 Å². The summed E-state index contributed by atoms with van der Waals surface area (Å²) in [5.41, 5.74) is 5.77. The molecule has 0 bridgehead atoms. The van der Waals surface area contributed by atoms with E-state index in [4.69, 9.17) is 10.5 Å². The first-order valence-electron chi connectivity index (χ1n) is 7.73. The number of hydrogen-bond donors (Lipinski definition) is 1. The number of hydrogen-bond acceptors (Lipinski definition) is 3. The first kappa shape index (κ1) is 17.8. The lowest BCUT2D eigenvalue weighted by molar-refractivity contribution is -0.128. The van der Waals surface area contributed by atoms with E-state index in [1.54, 1.807) is 18.7 Å². The molecule has 2 N–H and O–H groups in total. The third-order valence-electron chi connectivity index (χ3n) is 4.42. The van der Waals surface area contributed by atoms with Crippen LogP contribution in [0.3, 0.4) is 0 Å². The molecule has 0 saturated carbocycles. The summed E-state index contributed by atoms with van der Waals surface area (Å²) in [6.45, 7) is 6.15. The predicted octanol–water partition coefficient (Wildman–Crippen LogP) is 3.62. The number of primary amides is 1. The van der Waals surface area contributed by atoms with E-state index < -0.39 is 5.41 Å². The Bertz CT molecular complexity index is 586. The van der Waals surface area contributed by atoms with E-state index >= 15 is 0 Å². The molecule has 2 atom stereocenters. The van der Waals surface area contributed by atoms with Gasteiger partial charge in [-0.25, -0.2) is 4.79 Å². The summed E-state index contributed by atoms with van der Waals surface area (Å²) in [4.78, 5) is 25.5. The maximum atomic E-state index is 12.3. The van der Waals surface area contributed by atoms with Gasteiger partial charge in [0.15, 0.2) is 0 Å². The van der Waals surface area contributed by atoms with E-state index in [1.165, 1.54) is 0 Å². The number of nitrogens with two attached hydrogens (primary N) is 1. The van der Waals surface area contributed by atoms with Crippen LogP contribution in [-0.2, 0) is 9.53 Å². The van der Waals surface area contributed by atoms with Crippen molar-refractivity contribution in [1.82, 2.24) is 4.90 Å². The third-order valence-corrected chi connectivity index (χ3v) is 4.95. The second kappa shape index (κ2) is 6.91. The van der Waals surface area contributed by atoms with Crippen molar-refractivity contribution in [2.24, 2.45) is 11.1 Å². The number of nitrogens with zero attached hydrogens (tertiary/aromatic N) is 1. The molecule has 0 aliphatic carbocycles. The molecule has 5 nitrogen and oxygen atoms in total. The first-order valence-corrected chi connectivity index (χ1v) is 8.52. The molecule has 1 aliphatic rings. The average molecular weight is 383 g/mol. The van der Waals surface area contributed by atoms with Crippen LogP contribution < -0.4 is 5.73 Å². The van der Waals surface area contributed by atoms with E-state index in [9.17, 15) is 9.59 Å². The highest BCUT2D eigenvalue weighted by molar-refractivity contribution is 9.10. The molecule has 2 unspecified atom stereocenters. The van der Waals surface area contributed by atoms with Crippen molar-refractivity contribution in [2.75, 3.05) is 6.54 Å². The Morgan fingerprint density at radius 2 is 2.04 bits per heavy atom. The molecule has 0 spiro atoms. The summed E-state index contributed by atoms with van der Waals surface area (Å²) in [7, 11) is 0. The molecule has 1 aromatic rings. The fraction of sp³-hybridized carbons (Fsp3) is 0.529. The van der Waals surface area contributed by atoms with Crippen LogP contribution in [0, 0.1) is 5.41 Å². The Kier molecular flexibility index (Phi) is 5.34. The zero-order chi connectivity index (χ0) is 17.2. The van der Waals surface area contributed by atoms with E-state index in [0.29, 0.717) is 19.4 Å². The van der Waals surface area contributed by atoms with Gasteiger partial charge in [0.1, 0.15) is 6.10 Å². The minimum absolute atomic E-state index is 0.0549. The average Bonchev–Trinajstić information content (AvgIpc) is 2.47. The van der Waals surface area contributed by atoms with Gasteiger partial charge in [-0.1, -0.05) is 41.9 Å². The summed E-state index contributed by atoms with van der Waals surface area (Å²) in [6.07, 6.45) is 0.549. The van der Waals surface area contributed by atoms with Gasteiger partial charge >= 0.3 is 6.09 Å². The number of halogens is 1. The minimum atomic E-state index is -0.676. The minimum Gasteiger partial charge on any atom is -0.446 e. The zero-order valence-electron chi connectivity index (χ0n) is 13.7. The highest BCUT2D eigenvalue weighted by atomic mass is 79.9. The Morgan fingerprint density at radius 3 is 2.57 bits per heavy atom. The molecule has 1 fully saturated rings. The van der Waals surface area contributed by atoms with Crippen molar-refractivity contribution in [3.8, 4) is 0 Å². The van der Waals surface area contributed by atoms with Gasteiger partial charge in [-0.2, -0.15) is 0 Å². The van der Waals surface area contributed by atoms with E-state index in [-0.39, 0.29) is 24.1 Å². The van der Waals surface area contributed by atoms with Crippen molar-refractivity contribution in [3.05, 3.63) is 34.3 Å². The lowest BCUT2D eigenvalue weighted by Crippen LogP contribution is -2.45. The number of carbonyl (C=O) groups is 2. The van der Waals surface area contributed by atoms with Crippen LogP contribution in [0.4, 0.5) is 4.79 Å². The van der Waals surface area contributed by atoms with Crippen LogP contribution in [-0.4, -0.2) is 29.5 Å². The van der Waals surface area contributed by atoms with Gasteiger partial charge in [0.05, 0.1) is 6.04 Å². The van der Waals surface area contributed by atoms with Crippen molar-refractivity contribution in [2.45, 2.75) is 45.8 Å². The molecule has 126 valence electrons. The standard InChI is InChI=1S/C17H23BrN2O3/c1-11(12-4-6-13(18)7-5-12)20-9-8-14(23-16(20)22)10-17(2,3)15(19)21/h4-7,11,14H,8-10H2,1-3H3,(H2,19,21). The highest BCUT2D eigenvalue weighted by Gasteiger charge is 2.36. The Morgan fingerprint density at radius 1 is 1.43 bits per heavy atom. The fourth-order valence-corrected chi connectivity index (χ4v) is 2.99. The normalized spacial score (nSPS) is 20.1. The number of amides is 2. The number of carbonyl (C=O) groups excluding carboxylic acids is 2. The molecular weight excluding hydrogens is 360 g/mol. The predicted molar refractivity (Wildman–Crippen MR) is 91.7 cm³/mol. The van der Waals surface area contributed by atoms with Crippen LogP contribution in [0.2, 0.25) is 0 Å². The smallest absolute Gasteiger partial charge is 0.410 e. The molecule has 2 amide bonds. The van der Waals surface area contributed by atoms with Gasteiger partial charge in [0.2, 0.25) is 5.91 Å². The molecule has 6 heteroatoms. The fourth-order valence-electron chi connectivity index (χ4n) is 2.73. The second-order valence-electron chi connectivity index (χ2n) is 6.67. The Labute approximate surface area is 145 Å². The lowest BCUT2D eigenvalue weighted by Gasteiger charge is -2.37. The SMILES string of the molecule is CC(c1ccc(Br)cc1)N1CCC(CC(C)(C)C(N)=O)OC1=O. The number of benzene rings is 1. The first-order chi connectivity index (χ1) is 10.7. The molecule has 1 aromatic carbocycles. The topological polar surface area (TPSA) is 72.6 Å². The van der Waals surface area contributed by atoms with Gasteiger partial charge < -0.3 is 15.4 Å². The van der Waals surface area contributed by atoms with Gasteiger partial charge in [0.25, 0.3) is 0 Å². The maximum Gasteiger partial charge on any atom is 0.410 e. The Hall–Kier alpha value is -1.56. The van der Waals surface area contributed by atoms with Crippen LogP contribution in [0.15, 0.2) is 28.7 Å². The molecule has 0 radical (unpaired) electrons. The highest BCUT2D eigenvalue weighted by Crippen LogP contribution is 2.31. The van der Waals surface area contributed by atoms with Crippen molar-refractivity contribution < 1.29 is 14.3 Å². The van der Waals surface area contributed by atoms with Crippen molar-refractivity contribution in [1.29, 1.82) is 0 Å².